The fourth-order valence-electron chi connectivity index (χ4n) is 0.797. The van der Waals surface area contributed by atoms with E-state index >= 15 is 0 Å². The molecule has 0 rings (SSSR count). The van der Waals surface area contributed by atoms with Crippen LogP contribution in [0.25, 0.3) is 0 Å². The molecule has 0 aromatic rings. The van der Waals surface area contributed by atoms with Gasteiger partial charge in [-0.1, -0.05) is 31.5 Å². The van der Waals surface area contributed by atoms with Crippen molar-refractivity contribution in [2.24, 2.45) is 0 Å². The first kappa shape index (κ1) is 11.2. The van der Waals surface area contributed by atoms with Crippen molar-refractivity contribution in [3.05, 3.63) is 23.3 Å². The van der Waals surface area contributed by atoms with Gasteiger partial charge in [-0.25, -0.2) is 4.79 Å². The van der Waals surface area contributed by atoms with E-state index in [9.17, 15) is 4.79 Å². The van der Waals surface area contributed by atoms with Crippen LogP contribution in [0.2, 0.25) is 0 Å². The summed E-state index contributed by atoms with van der Waals surface area (Å²) in [4.78, 5) is 10.6. The Bertz CT molecular complexity index is 207. The number of rotatable bonds is 5. The number of hydrogen-bond acceptors (Lipinski definition) is 1. The van der Waals surface area contributed by atoms with Crippen LogP contribution < -0.4 is 0 Å². The largest absolute Gasteiger partial charge is 0.478 e. The minimum atomic E-state index is -0.912. The lowest BCUT2D eigenvalue weighted by Crippen LogP contribution is -2.00. The van der Waals surface area contributed by atoms with Gasteiger partial charge in [0.25, 0.3) is 0 Å². The Labute approximate surface area is 77.5 Å². The van der Waals surface area contributed by atoms with Crippen molar-refractivity contribution in [2.45, 2.75) is 26.2 Å². The van der Waals surface area contributed by atoms with Crippen LogP contribution >= 0.6 is 11.6 Å². The van der Waals surface area contributed by atoms with Gasteiger partial charge in [0.05, 0.1) is 0 Å². The van der Waals surface area contributed by atoms with Gasteiger partial charge in [0, 0.05) is 10.6 Å². The number of halogens is 1. The maximum Gasteiger partial charge on any atom is 0.331 e. The molecule has 0 bridgehead atoms. The van der Waals surface area contributed by atoms with Gasteiger partial charge in [-0.15, -0.1) is 0 Å². The Morgan fingerprint density at radius 1 is 1.67 bits per heavy atom. The fraction of sp³-hybridized carbons (Fsp3) is 0.444. The quantitative estimate of drug-likeness (QED) is 0.532. The van der Waals surface area contributed by atoms with Crippen molar-refractivity contribution < 1.29 is 9.90 Å². The molecule has 0 aliphatic carbocycles. The molecule has 12 heavy (non-hydrogen) atoms. The van der Waals surface area contributed by atoms with Crippen molar-refractivity contribution in [1.29, 1.82) is 0 Å². The molecule has 0 aliphatic heterocycles. The van der Waals surface area contributed by atoms with Crippen LogP contribution in [0, 0.1) is 0 Å². The summed E-state index contributed by atoms with van der Waals surface area (Å²) < 4.78 is 0. The van der Waals surface area contributed by atoms with Gasteiger partial charge in [0.2, 0.25) is 0 Å². The number of carboxylic acids is 1. The van der Waals surface area contributed by atoms with Crippen molar-refractivity contribution in [1.82, 2.24) is 0 Å². The molecular formula is C9H13ClO2. The lowest BCUT2D eigenvalue weighted by Gasteiger charge is -1.99. The van der Waals surface area contributed by atoms with Gasteiger partial charge in [-0.05, 0) is 18.9 Å². The third-order valence-electron chi connectivity index (χ3n) is 1.41. The second-order valence-electron chi connectivity index (χ2n) is 2.53. The molecule has 68 valence electrons. The molecule has 0 fully saturated rings. The third-order valence-corrected chi connectivity index (χ3v) is 1.51. The van der Waals surface area contributed by atoms with E-state index in [2.05, 4.69) is 6.58 Å². The summed E-state index contributed by atoms with van der Waals surface area (Å²) in [7, 11) is 0. The van der Waals surface area contributed by atoms with Gasteiger partial charge < -0.3 is 5.11 Å². The van der Waals surface area contributed by atoms with E-state index in [4.69, 9.17) is 16.7 Å². The Hall–Kier alpha value is -0.760. The van der Waals surface area contributed by atoms with E-state index in [0.29, 0.717) is 12.0 Å². The van der Waals surface area contributed by atoms with Crippen LogP contribution in [0.3, 0.4) is 0 Å². The first-order valence-corrected chi connectivity index (χ1v) is 4.24. The van der Waals surface area contributed by atoms with Crippen LogP contribution in [0.1, 0.15) is 26.2 Å². The average Bonchev–Trinajstić information content (AvgIpc) is 1.96. The zero-order chi connectivity index (χ0) is 9.56. The zero-order valence-corrected chi connectivity index (χ0v) is 7.90. The molecule has 0 aromatic carbocycles. The summed E-state index contributed by atoms with van der Waals surface area (Å²) >= 11 is 5.46. The number of carboxylic acid groups (broad SMARTS) is 1. The molecule has 0 aromatic heterocycles. The lowest BCUT2D eigenvalue weighted by atomic mass is 10.1. The number of carbonyl (C=O) groups is 1. The average molecular weight is 189 g/mol. The van der Waals surface area contributed by atoms with E-state index in [0.717, 1.165) is 12.8 Å². The summed E-state index contributed by atoms with van der Waals surface area (Å²) in [5.74, 6) is -0.912. The van der Waals surface area contributed by atoms with Gasteiger partial charge in [0.1, 0.15) is 0 Å². The molecule has 0 heterocycles. The normalized spacial score (nSPS) is 11.3. The molecule has 0 amide bonds. The van der Waals surface area contributed by atoms with Crippen LogP contribution in [0.5, 0.6) is 0 Å². The minimum Gasteiger partial charge on any atom is -0.478 e. The summed E-state index contributed by atoms with van der Waals surface area (Å²) in [6.45, 7) is 5.42. The Morgan fingerprint density at radius 2 is 2.25 bits per heavy atom. The van der Waals surface area contributed by atoms with Crippen molar-refractivity contribution >= 4 is 17.6 Å². The number of unbranched alkanes of at least 4 members (excludes halogenated alkanes) is 1. The van der Waals surface area contributed by atoms with E-state index in [-0.39, 0.29) is 5.03 Å². The molecule has 1 N–H and O–H groups in total. The molecule has 0 saturated carbocycles. The topological polar surface area (TPSA) is 37.3 Å². The second kappa shape index (κ2) is 5.84. The van der Waals surface area contributed by atoms with Gasteiger partial charge >= 0.3 is 5.97 Å². The van der Waals surface area contributed by atoms with Crippen molar-refractivity contribution in [2.75, 3.05) is 0 Å². The first-order chi connectivity index (χ1) is 5.57. The standard InChI is InChI=1S/C9H13ClO2/c1-3-4-5-8(9(11)12)6-7(2)10/h6H,2-5H2,1H3,(H,11,12). The number of aliphatic carboxylic acids is 1. The molecule has 0 aliphatic rings. The number of hydrogen-bond donors (Lipinski definition) is 1. The lowest BCUT2D eigenvalue weighted by molar-refractivity contribution is -0.132. The maximum atomic E-state index is 10.6. The smallest absolute Gasteiger partial charge is 0.331 e. The molecule has 0 saturated heterocycles. The Morgan fingerprint density at radius 3 is 2.58 bits per heavy atom. The molecule has 0 atom stereocenters. The summed E-state index contributed by atoms with van der Waals surface area (Å²) in [6.07, 6.45) is 3.79. The first-order valence-electron chi connectivity index (χ1n) is 3.86. The molecule has 3 heteroatoms. The highest BCUT2D eigenvalue weighted by atomic mass is 35.5. The molecule has 2 nitrogen and oxygen atoms in total. The highest BCUT2D eigenvalue weighted by Gasteiger charge is 2.05. The second-order valence-corrected chi connectivity index (χ2v) is 3.01. The predicted octanol–water partition coefficient (Wildman–Crippen LogP) is 2.94. The summed E-state index contributed by atoms with van der Waals surface area (Å²) in [6, 6.07) is 0. The predicted molar refractivity (Wildman–Crippen MR) is 50.2 cm³/mol. The Kier molecular flexibility index (Phi) is 5.47. The van der Waals surface area contributed by atoms with Crippen LogP contribution in [-0.4, -0.2) is 11.1 Å². The Balaban J connectivity index is 4.23. The summed E-state index contributed by atoms with van der Waals surface area (Å²) in [5, 5.41) is 8.95. The van der Waals surface area contributed by atoms with Crippen molar-refractivity contribution in [3.63, 3.8) is 0 Å². The third kappa shape index (κ3) is 4.97. The maximum absolute atomic E-state index is 10.6. The molecular weight excluding hydrogens is 176 g/mol. The van der Waals surface area contributed by atoms with E-state index in [1.54, 1.807) is 0 Å². The molecule has 0 radical (unpaired) electrons. The van der Waals surface area contributed by atoms with Gasteiger partial charge in [0.15, 0.2) is 0 Å². The van der Waals surface area contributed by atoms with Crippen molar-refractivity contribution in [3.8, 4) is 0 Å². The van der Waals surface area contributed by atoms with Crippen LogP contribution in [0.15, 0.2) is 23.3 Å². The van der Waals surface area contributed by atoms with E-state index in [1.165, 1.54) is 6.08 Å². The highest BCUT2D eigenvalue weighted by molar-refractivity contribution is 6.31. The summed E-state index contributed by atoms with van der Waals surface area (Å²) in [5.41, 5.74) is 0.330. The van der Waals surface area contributed by atoms with Gasteiger partial charge in [-0.3, -0.25) is 0 Å². The van der Waals surface area contributed by atoms with E-state index in [1.807, 2.05) is 6.92 Å². The van der Waals surface area contributed by atoms with Crippen LogP contribution in [-0.2, 0) is 4.79 Å². The molecule has 0 unspecified atom stereocenters. The monoisotopic (exact) mass is 188 g/mol. The van der Waals surface area contributed by atoms with Gasteiger partial charge in [-0.2, -0.15) is 0 Å². The zero-order valence-electron chi connectivity index (χ0n) is 7.14. The van der Waals surface area contributed by atoms with E-state index < -0.39 is 5.97 Å². The van der Waals surface area contributed by atoms with Crippen LogP contribution in [0.4, 0.5) is 0 Å². The minimum absolute atomic E-state index is 0.267. The fourth-order valence-corrected chi connectivity index (χ4v) is 0.929. The number of allylic oxidation sites excluding steroid dienone is 2. The highest BCUT2D eigenvalue weighted by Crippen LogP contribution is 2.11. The SMILES string of the molecule is C=C(Cl)C=C(CCCC)C(=O)O. The molecule has 0 spiro atoms.